The van der Waals surface area contributed by atoms with Crippen LogP contribution in [0.2, 0.25) is 0 Å². The zero-order valence-corrected chi connectivity index (χ0v) is 8.42. The van der Waals surface area contributed by atoms with Gasteiger partial charge in [0.15, 0.2) is 0 Å². The number of nitrogens with zero attached hydrogens (tertiary/aromatic N) is 1. The van der Waals surface area contributed by atoms with E-state index in [9.17, 15) is 4.79 Å². The van der Waals surface area contributed by atoms with E-state index >= 15 is 0 Å². The zero-order valence-electron chi connectivity index (χ0n) is 7.61. The first kappa shape index (κ1) is 9.34. The van der Waals surface area contributed by atoms with Crippen molar-refractivity contribution in [2.45, 2.75) is 31.3 Å². The maximum atomic E-state index is 10.4. The summed E-state index contributed by atoms with van der Waals surface area (Å²) in [4.78, 5) is 12.9. The van der Waals surface area contributed by atoms with Crippen LogP contribution < -0.4 is 0 Å². The van der Waals surface area contributed by atoms with E-state index in [-0.39, 0.29) is 0 Å². The molecule has 0 radical (unpaired) electrons. The van der Waals surface area contributed by atoms with Crippen molar-refractivity contribution >= 4 is 17.7 Å². The summed E-state index contributed by atoms with van der Waals surface area (Å²) >= 11 is 1.99. The number of thioether (sulfide) groups is 1. The highest BCUT2D eigenvalue weighted by molar-refractivity contribution is 8.00. The molecular weight excluding hydrogens is 186 g/mol. The third kappa shape index (κ3) is 1.99. The van der Waals surface area contributed by atoms with Crippen LogP contribution in [0.25, 0.3) is 0 Å². The lowest BCUT2D eigenvalue weighted by atomic mass is 9.96. The molecule has 2 aliphatic heterocycles. The monoisotopic (exact) mass is 201 g/mol. The number of carbonyl (C=O) groups is 1. The van der Waals surface area contributed by atoms with Crippen LogP contribution in [0.5, 0.6) is 0 Å². The topological polar surface area (TPSA) is 40.5 Å². The van der Waals surface area contributed by atoms with Crippen molar-refractivity contribution in [1.29, 1.82) is 0 Å². The number of carboxylic acids is 1. The highest BCUT2D eigenvalue weighted by Crippen LogP contribution is 2.32. The van der Waals surface area contributed by atoms with Gasteiger partial charge in [0.2, 0.25) is 0 Å². The highest BCUT2D eigenvalue weighted by atomic mass is 32.2. The minimum Gasteiger partial charge on any atom is -0.481 e. The molecule has 0 amide bonds. The number of likely N-dealkylation sites (tertiary alicyclic amines) is 1. The van der Waals surface area contributed by atoms with E-state index in [0.717, 1.165) is 12.5 Å². The lowest BCUT2D eigenvalue weighted by Crippen LogP contribution is -2.57. The predicted octanol–water partition coefficient (Wildman–Crippen LogP) is 1.04. The van der Waals surface area contributed by atoms with Crippen LogP contribution in [0.15, 0.2) is 0 Å². The molecule has 2 aliphatic rings. The van der Waals surface area contributed by atoms with E-state index in [1.807, 2.05) is 11.8 Å². The van der Waals surface area contributed by atoms with Crippen molar-refractivity contribution in [2.75, 3.05) is 18.1 Å². The van der Waals surface area contributed by atoms with Gasteiger partial charge in [-0.2, -0.15) is 11.8 Å². The van der Waals surface area contributed by atoms with Gasteiger partial charge < -0.3 is 5.11 Å². The van der Waals surface area contributed by atoms with Crippen LogP contribution in [0.1, 0.15) is 19.3 Å². The average molecular weight is 201 g/mol. The molecule has 2 fully saturated rings. The lowest BCUT2D eigenvalue weighted by molar-refractivity contribution is -0.137. The van der Waals surface area contributed by atoms with E-state index in [2.05, 4.69) is 4.90 Å². The average Bonchev–Trinajstić information content (AvgIpc) is 1.93. The van der Waals surface area contributed by atoms with Crippen molar-refractivity contribution in [3.8, 4) is 0 Å². The molecule has 4 heteroatoms. The van der Waals surface area contributed by atoms with Crippen molar-refractivity contribution in [1.82, 2.24) is 4.90 Å². The van der Waals surface area contributed by atoms with E-state index in [0.29, 0.717) is 12.5 Å². The third-order valence-corrected chi connectivity index (χ3v) is 4.21. The zero-order chi connectivity index (χ0) is 9.26. The second-order valence-corrected chi connectivity index (χ2v) is 4.88. The molecule has 0 saturated carbocycles. The molecule has 0 spiro atoms. The van der Waals surface area contributed by atoms with Crippen molar-refractivity contribution in [3.05, 3.63) is 0 Å². The van der Waals surface area contributed by atoms with Gasteiger partial charge in [-0.25, -0.2) is 0 Å². The summed E-state index contributed by atoms with van der Waals surface area (Å²) in [6.45, 7) is 1.19. The van der Waals surface area contributed by atoms with Gasteiger partial charge in [0.25, 0.3) is 0 Å². The molecule has 1 atom stereocenters. The fourth-order valence-electron chi connectivity index (χ4n) is 1.96. The lowest BCUT2D eigenvalue weighted by Gasteiger charge is -2.49. The first-order valence-corrected chi connectivity index (χ1v) is 5.98. The first-order chi connectivity index (χ1) is 6.27. The molecule has 1 unspecified atom stereocenters. The Bertz CT molecular complexity index is 206. The molecule has 0 aromatic rings. The minimum atomic E-state index is -0.658. The maximum absolute atomic E-state index is 10.4. The fraction of sp³-hybridized carbons (Fsp3) is 0.889. The summed E-state index contributed by atoms with van der Waals surface area (Å²) < 4.78 is 0. The van der Waals surface area contributed by atoms with Crippen molar-refractivity contribution in [3.63, 3.8) is 0 Å². The molecule has 3 nitrogen and oxygen atoms in total. The molecule has 2 saturated heterocycles. The molecule has 0 aromatic heterocycles. The van der Waals surface area contributed by atoms with E-state index in [1.165, 1.54) is 24.5 Å². The Kier molecular flexibility index (Phi) is 2.79. The first-order valence-electron chi connectivity index (χ1n) is 4.82. The van der Waals surface area contributed by atoms with E-state index < -0.39 is 5.97 Å². The van der Waals surface area contributed by atoms with Gasteiger partial charge in [-0.3, -0.25) is 9.69 Å². The number of hydrogen-bond acceptors (Lipinski definition) is 3. The second-order valence-electron chi connectivity index (χ2n) is 3.80. The van der Waals surface area contributed by atoms with Crippen molar-refractivity contribution in [2.24, 2.45) is 0 Å². The molecule has 0 bridgehead atoms. The van der Waals surface area contributed by atoms with Crippen LogP contribution in [0.3, 0.4) is 0 Å². The Labute approximate surface area is 82.5 Å². The van der Waals surface area contributed by atoms with Crippen LogP contribution in [0.4, 0.5) is 0 Å². The molecule has 74 valence electrons. The summed E-state index contributed by atoms with van der Waals surface area (Å²) in [7, 11) is 0. The smallest absolute Gasteiger partial charge is 0.303 e. The predicted molar refractivity (Wildman–Crippen MR) is 53.1 cm³/mol. The minimum absolute atomic E-state index is 0.334. The van der Waals surface area contributed by atoms with Gasteiger partial charge in [0.05, 0.1) is 0 Å². The Hall–Kier alpha value is -0.220. The van der Waals surface area contributed by atoms with E-state index in [4.69, 9.17) is 5.11 Å². The summed E-state index contributed by atoms with van der Waals surface area (Å²) in [5.74, 6) is 1.85. The Morgan fingerprint density at radius 1 is 1.54 bits per heavy atom. The second kappa shape index (κ2) is 3.88. The maximum Gasteiger partial charge on any atom is 0.303 e. The summed E-state index contributed by atoms with van der Waals surface area (Å²) in [5, 5.41) is 8.56. The number of carboxylic acid groups (broad SMARTS) is 1. The van der Waals surface area contributed by atoms with Crippen LogP contribution in [-0.4, -0.2) is 46.1 Å². The number of rotatable bonds is 4. The Balaban J connectivity index is 1.71. The quantitative estimate of drug-likeness (QED) is 0.738. The third-order valence-electron chi connectivity index (χ3n) is 2.97. The largest absolute Gasteiger partial charge is 0.481 e. The molecular formula is C9H15NO2S. The van der Waals surface area contributed by atoms with Gasteiger partial charge in [-0.05, 0) is 12.8 Å². The highest BCUT2D eigenvalue weighted by Gasteiger charge is 2.36. The van der Waals surface area contributed by atoms with Crippen LogP contribution in [0, 0.1) is 0 Å². The normalized spacial score (nSPS) is 29.4. The van der Waals surface area contributed by atoms with Gasteiger partial charge in [0, 0.05) is 36.6 Å². The van der Waals surface area contributed by atoms with Gasteiger partial charge >= 0.3 is 5.97 Å². The molecule has 2 rings (SSSR count). The summed E-state index contributed by atoms with van der Waals surface area (Å²) in [6, 6.07) is 1.33. The van der Waals surface area contributed by atoms with Crippen LogP contribution in [-0.2, 0) is 4.79 Å². The molecule has 0 aromatic carbocycles. The van der Waals surface area contributed by atoms with Gasteiger partial charge in [0.1, 0.15) is 0 Å². The Morgan fingerprint density at radius 3 is 2.69 bits per heavy atom. The van der Waals surface area contributed by atoms with Crippen LogP contribution >= 0.6 is 11.8 Å². The molecule has 2 heterocycles. The standard InChI is InChI=1S/C9H15NO2S/c11-9(12)2-1-7-3-4-10(7)8-5-13-6-8/h7-8H,1-6H2,(H,11,12). The molecule has 1 N–H and O–H groups in total. The SMILES string of the molecule is O=C(O)CCC1CCN1C1CSC1. The number of aliphatic carboxylic acids is 1. The van der Waals surface area contributed by atoms with Gasteiger partial charge in [-0.15, -0.1) is 0 Å². The van der Waals surface area contributed by atoms with Crippen molar-refractivity contribution < 1.29 is 9.90 Å². The summed E-state index contributed by atoms with van der Waals surface area (Å²) in [5.41, 5.74) is 0. The summed E-state index contributed by atoms with van der Waals surface area (Å²) in [6.07, 6.45) is 2.38. The fourth-order valence-corrected chi connectivity index (χ4v) is 2.79. The van der Waals surface area contributed by atoms with E-state index in [1.54, 1.807) is 0 Å². The molecule has 0 aliphatic carbocycles. The Morgan fingerprint density at radius 2 is 2.31 bits per heavy atom. The molecule has 13 heavy (non-hydrogen) atoms. The number of hydrogen-bond donors (Lipinski definition) is 1. The van der Waals surface area contributed by atoms with Gasteiger partial charge in [-0.1, -0.05) is 0 Å².